The largest absolute Gasteiger partial charge is 0.320 e. The maximum Gasteiger partial charge on any atom is 0.0564 e. The zero-order valence-electron chi connectivity index (χ0n) is 9.00. The first-order chi connectivity index (χ1) is 7.70. The molecule has 0 saturated heterocycles. The first-order valence-electron chi connectivity index (χ1n) is 5.34. The number of hydrogen-bond donors (Lipinski definition) is 1. The predicted octanol–water partition coefficient (Wildman–Crippen LogP) is 3.68. The average molecular weight is 230 g/mol. The smallest absolute Gasteiger partial charge is 0.0564 e. The minimum Gasteiger partial charge on any atom is -0.320 e. The molecule has 0 fully saturated rings. The zero-order chi connectivity index (χ0) is 11.3. The van der Waals surface area contributed by atoms with Crippen LogP contribution in [0.4, 0.5) is 0 Å². The third-order valence-corrected chi connectivity index (χ3v) is 3.59. The second kappa shape index (κ2) is 3.34. The summed E-state index contributed by atoms with van der Waals surface area (Å²) in [6.45, 7) is 2.10. The van der Waals surface area contributed by atoms with Gasteiger partial charge in [-0.3, -0.25) is 0 Å². The second-order valence-corrected chi connectivity index (χ2v) is 4.63. The number of hydrogen-bond acceptors (Lipinski definition) is 1. The summed E-state index contributed by atoms with van der Waals surface area (Å²) in [5.74, 6) is 0. The Morgan fingerprint density at radius 3 is 2.38 bits per heavy atom. The van der Waals surface area contributed by atoms with Gasteiger partial charge in [-0.25, -0.2) is 0 Å². The van der Waals surface area contributed by atoms with Crippen molar-refractivity contribution in [3.8, 4) is 11.1 Å². The minimum absolute atomic E-state index is 0.0383. The summed E-state index contributed by atoms with van der Waals surface area (Å²) in [6, 6.07) is 12.1. The van der Waals surface area contributed by atoms with Gasteiger partial charge < -0.3 is 5.73 Å². The molecule has 1 aliphatic rings. The fourth-order valence-corrected chi connectivity index (χ4v) is 2.80. The Morgan fingerprint density at radius 1 is 1.00 bits per heavy atom. The summed E-state index contributed by atoms with van der Waals surface area (Å²) in [5, 5.41) is 0.793. The van der Waals surface area contributed by atoms with Gasteiger partial charge in [-0.2, -0.15) is 0 Å². The number of halogens is 1. The van der Waals surface area contributed by atoms with Crippen LogP contribution in [0.3, 0.4) is 0 Å². The van der Waals surface area contributed by atoms with Crippen LogP contribution in [0.2, 0.25) is 5.02 Å². The average Bonchev–Trinajstić information content (AvgIpc) is 2.56. The van der Waals surface area contributed by atoms with Gasteiger partial charge in [0.05, 0.1) is 6.04 Å². The third kappa shape index (κ3) is 1.16. The predicted molar refractivity (Wildman–Crippen MR) is 67.7 cm³/mol. The van der Waals surface area contributed by atoms with Crippen molar-refractivity contribution in [3.63, 3.8) is 0 Å². The number of nitrogens with two attached hydrogens (primary N) is 1. The van der Waals surface area contributed by atoms with Gasteiger partial charge >= 0.3 is 0 Å². The van der Waals surface area contributed by atoms with Crippen LogP contribution < -0.4 is 5.73 Å². The summed E-state index contributed by atoms with van der Waals surface area (Å²) in [7, 11) is 0. The molecule has 0 amide bonds. The highest BCUT2D eigenvalue weighted by Gasteiger charge is 2.28. The van der Waals surface area contributed by atoms with Crippen LogP contribution in [0.25, 0.3) is 11.1 Å². The molecule has 0 aliphatic heterocycles. The van der Waals surface area contributed by atoms with Gasteiger partial charge in [-0.05, 0) is 35.2 Å². The van der Waals surface area contributed by atoms with Crippen molar-refractivity contribution < 1.29 is 0 Å². The van der Waals surface area contributed by atoms with E-state index >= 15 is 0 Å². The number of aryl methyl sites for hydroxylation is 1. The Morgan fingerprint density at radius 2 is 1.62 bits per heavy atom. The van der Waals surface area contributed by atoms with E-state index in [9.17, 15) is 0 Å². The lowest BCUT2D eigenvalue weighted by atomic mass is 10.0. The van der Waals surface area contributed by atoms with Gasteiger partial charge in [0.2, 0.25) is 0 Å². The number of fused-ring (bicyclic) bond motifs is 3. The first-order valence-corrected chi connectivity index (χ1v) is 5.72. The SMILES string of the molecule is Cc1cccc2c1-c1c(Cl)cccc1C2N. The standard InChI is InChI=1S/C14H12ClN/c1-8-4-2-5-9-12(8)13-10(14(9)16)6-3-7-11(13)15/h2-7,14H,16H2,1H3. The normalized spacial score (nSPS) is 17.1. The second-order valence-electron chi connectivity index (χ2n) is 4.22. The van der Waals surface area contributed by atoms with Gasteiger partial charge in [0.25, 0.3) is 0 Å². The van der Waals surface area contributed by atoms with Crippen molar-refractivity contribution in [1.82, 2.24) is 0 Å². The first kappa shape index (κ1) is 9.88. The minimum atomic E-state index is -0.0383. The molecule has 0 heterocycles. The highest BCUT2D eigenvalue weighted by atomic mass is 35.5. The molecule has 2 N–H and O–H groups in total. The van der Waals surface area contributed by atoms with Crippen LogP contribution in [0, 0.1) is 6.92 Å². The van der Waals surface area contributed by atoms with Crippen molar-refractivity contribution in [2.75, 3.05) is 0 Å². The Balaban J connectivity index is 2.43. The topological polar surface area (TPSA) is 26.0 Å². The van der Waals surface area contributed by atoms with Gasteiger partial charge in [-0.1, -0.05) is 41.9 Å². The van der Waals surface area contributed by atoms with Crippen molar-refractivity contribution in [2.45, 2.75) is 13.0 Å². The Hall–Kier alpha value is -1.31. The monoisotopic (exact) mass is 229 g/mol. The third-order valence-electron chi connectivity index (χ3n) is 3.27. The fourth-order valence-electron chi connectivity index (χ4n) is 2.52. The van der Waals surface area contributed by atoms with E-state index in [0.29, 0.717) is 0 Å². The van der Waals surface area contributed by atoms with Gasteiger partial charge in [-0.15, -0.1) is 0 Å². The van der Waals surface area contributed by atoms with Crippen LogP contribution in [-0.2, 0) is 0 Å². The van der Waals surface area contributed by atoms with Crippen molar-refractivity contribution in [1.29, 1.82) is 0 Å². The molecule has 0 spiro atoms. The van der Waals surface area contributed by atoms with Crippen molar-refractivity contribution >= 4 is 11.6 Å². The maximum atomic E-state index is 6.28. The van der Waals surface area contributed by atoms with Crippen LogP contribution >= 0.6 is 11.6 Å². The molecule has 0 saturated carbocycles. The molecule has 2 aromatic carbocycles. The van der Waals surface area contributed by atoms with Crippen molar-refractivity contribution in [3.05, 3.63) is 58.1 Å². The number of benzene rings is 2. The molecule has 80 valence electrons. The van der Waals surface area contributed by atoms with Gasteiger partial charge in [0.15, 0.2) is 0 Å². The van der Waals surface area contributed by atoms with E-state index in [4.69, 9.17) is 17.3 Å². The summed E-state index contributed by atoms with van der Waals surface area (Å²) in [4.78, 5) is 0. The zero-order valence-corrected chi connectivity index (χ0v) is 9.75. The molecule has 0 radical (unpaired) electrons. The lowest BCUT2D eigenvalue weighted by Gasteiger charge is -2.06. The molecule has 3 rings (SSSR count). The molecular formula is C14H12ClN. The fraction of sp³-hybridized carbons (Fsp3) is 0.143. The quantitative estimate of drug-likeness (QED) is 0.733. The van der Waals surface area contributed by atoms with Crippen LogP contribution in [0.1, 0.15) is 22.7 Å². The van der Waals surface area contributed by atoms with E-state index in [0.717, 1.165) is 16.1 Å². The summed E-state index contributed by atoms with van der Waals surface area (Å²) in [5.41, 5.74) is 12.1. The van der Waals surface area contributed by atoms with Crippen LogP contribution in [-0.4, -0.2) is 0 Å². The summed E-state index contributed by atoms with van der Waals surface area (Å²) < 4.78 is 0. The Labute approximate surface area is 99.9 Å². The van der Waals surface area contributed by atoms with Crippen molar-refractivity contribution in [2.24, 2.45) is 5.73 Å². The van der Waals surface area contributed by atoms with E-state index in [2.05, 4.69) is 25.1 Å². The van der Waals surface area contributed by atoms with E-state index in [1.54, 1.807) is 0 Å². The molecule has 16 heavy (non-hydrogen) atoms. The number of rotatable bonds is 0. The van der Waals surface area contributed by atoms with Gasteiger partial charge in [0.1, 0.15) is 0 Å². The molecule has 1 unspecified atom stereocenters. The Bertz CT molecular complexity index is 523. The Kier molecular flexibility index (Phi) is 2.06. The van der Waals surface area contributed by atoms with E-state index in [-0.39, 0.29) is 6.04 Å². The molecule has 2 aromatic rings. The maximum absolute atomic E-state index is 6.28. The summed E-state index contributed by atoms with van der Waals surface area (Å²) >= 11 is 6.28. The molecule has 1 atom stereocenters. The van der Waals surface area contributed by atoms with Crippen LogP contribution in [0.15, 0.2) is 36.4 Å². The molecule has 0 bridgehead atoms. The molecule has 0 aromatic heterocycles. The highest BCUT2D eigenvalue weighted by Crippen LogP contribution is 2.46. The molecule has 1 aliphatic carbocycles. The summed E-state index contributed by atoms with van der Waals surface area (Å²) in [6.07, 6.45) is 0. The van der Waals surface area contributed by atoms with E-state index in [1.807, 2.05) is 18.2 Å². The van der Waals surface area contributed by atoms with Crippen LogP contribution in [0.5, 0.6) is 0 Å². The molecule has 1 nitrogen and oxygen atoms in total. The highest BCUT2D eigenvalue weighted by molar-refractivity contribution is 6.33. The lowest BCUT2D eigenvalue weighted by Crippen LogP contribution is -2.07. The molecule has 2 heteroatoms. The molecular weight excluding hydrogens is 218 g/mol. The van der Waals surface area contributed by atoms with E-state index in [1.165, 1.54) is 16.7 Å². The lowest BCUT2D eigenvalue weighted by molar-refractivity contribution is 0.900. The van der Waals surface area contributed by atoms with E-state index < -0.39 is 0 Å². The van der Waals surface area contributed by atoms with Gasteiger partial charge in [0, 0.05) is 10.6 Å².